The first-order valence-corrected chi connectivity index (χ1v) is 9.78. The van der Waals surface area contributed by atoms with Crippen molar-refractivity contribution in [2.24, 2.45) is 11.7 Å². The molecule has 1 aliphatic heterocycles. The Hall–Kier alpha value is -2.02. The van der Waals surface area contributed by atoms with E-state index < -0.39 is 0 Å². The third kappa shape index (κ3) is 3.32. The Kier molecular flexibility index (Phi) is 4.77. The summed E-state index contributed by atoms with van der Waals surface area (Å²) < 4.78 is 0. The summed E-state index contributed by atoms with van der Waals surface area (Å²) in [6.07, 6.45) is 1.27. The van der Waals surface area contributed by atoms with Crippen LogP contribution in [0.1, 0.15) is 60.4 Å². The quantitative estimate of drug-likeness (QED) is 0.875. The van der Waals surface area contributed by atoms with Gasteiger partial charge in [-0.3, -0.25) is 9.59 Å². The van der Waals surface area contributed by atoms with Gasteiger partial charge in [0, 0.05) is 29.8 Å². The number of piperidine rings is 1. The molecule has 0 spiro atoms. The molecule has 0 saturated carbocycles. The Balaban J connectivity index is 1.93. The van der Waals surface area contributed by atoms with E-state index in [0.717, 1.165) is 32.2 Å². The van der Waals surface area contributed by atoms with E-state index in [2.05, 4.69) is 25.8 Å². The Bertz CT molecular complexity index is 874. The van der Waals surface area contributed by atoms with Crippen LogP contribution in [0.5, 0.6) is 0 Å². The van der Waals surface area contributed by atoms with Gasteiger partial charge in [-0.05, 0) is 32.3 Å². The van der Waals surface area contributed by atoms with Crippen molar-refractivity contribution in [2.45, 2.75) is 52.9 Å². The maximum Gasteiger partial charge on any atom is 0.264 e. The SMILES string of the molecule is Cc1nc(C(C)(C)C)nc2sc(C(=O)N3CCC(C(N)=O)CC3)c(C)c12. The highest BCUT2D eigenvalue weighted by Gasteiger charge is 2.29. The number of hydrogen-bond donors (Lipinski definition) is 1. The molecule has 1 fully saturated rings. The monoisotopic (exact) mass is 374 g/mol. The number of carbonyl (C=O) groups is 2. The topological polar surface area (TPSA) is 89.2 Å². The number of likely N-dealkylation sites (tertiary alicyclic amines) is 1. The van der Waals surface area contributed by atoms with Crippen LogP contribution in [0.2, 0.25) is 0 Å². The molecule has 0 aromatic carbocycles. The smallest absolute Gasteiger partial charge is 0.264 e. The van der Waals surface area contributed by atoms with E-state index in [0.29, 0.717) is 25.9 Å². The van der Waals surface area contributed by atoms with E-state index >= 15 is 0 Å². The number of primary amides is 1. The van der Waals surface area contributed by atoms with Crippen molar-refractivity contribution in [2.75, 3.05) is 13.1 Å². The first kappa shape index (κ1) is 18.8. The van der Waals surface area contributed by atoms with Crippen molar-refractivity contribution < 1.29 is 9.59 Å². The van der Waals surface area contributed by atoms with Crippen LogP contribution in [0.25, 0.3) is 10.2 Å². The molecule has 2 aromatic heterocycles. The molecule has 2 amide bonds. The lowest BCUT2D eigenvalue weighted by Gasteiger charge is -2.30. The molecule has 1 saturated heterocycles. The lowest BCUT2D eigenvalue weighted by Crippen LogP contribution is -2.41. The second-order valence-electron chi connectivity index (χ2n) is 8.09. The molecule has 0 unspecified atom stereocenters. The molecule has 0 radical (unpaired) electrons. The normalized spacial score (nSPS) is 16.3. The second-order valence-corrected chi connectivity index (χ2v) is 9.09. The summed E-state index contributed by atoms with van der Waals surface area (Å²) >= 11 is 1.44. The number of fused-ring (bicyclic) bond motifs is 1. The molecule has 1 aliphatic rings. The highest BCUT2D eigenvalue weighted by Crippen LogP contribution is 2.34. The highest BCUT2D eigenvalue weighted by molar-refractivity contribution is 7.20. The van der Waals surface area contributed by atoms with E-state index in [1.165, 1.54) is 11.3 Å². The summed E-state index contributed by atoms with van der Waals surface area (Å²) in [6.45, 7) is 11.3. The zero-order valence-corrected chi connectivity index (χ0v) is 16.9. The summed E-state index contributed by atoms with van der Waals surface area (Å²) in [6, 6.07) is 0. The van der Waals surface area contributed by atoms with Crippen LogP contribution in [-0.4, -0.2) is 39.8 Å². The summed E-state index contributed by atoms with van der Waals surface area (Å²) in [7, 11) is 0. The van der Waals surface area contributed by atoms with Crippen molar-refractivity contribution >= 4 is 33.4 Å². The van der Waals surface area contributed by atoms with E-state index in [1.54, 1.807) is 0 Å². The molecular weight excluding hydrogens is 348 g/mol. The molecule has 140 valence electrons. The highest BCUT2D eigenvalue weighted by atomic mass is 32.1. The lowest BCUT2D eigenvalue weighted by atomic mass is 9.95. The van der Waals surface area contributed by atoms with Crippen LogP contribution < -0.4 is 5.73 Å². The lowest BCUT2D eigenvalue weighted by molar-refractivity contribution is -0.123. The van der Waals surface area contributed by atoms with Crippen molar-refractivity contribution in [3.63, 3.8) is 0 Å². The number of hydrogen-bond acceptors (Lipinski definition) is 5. The van der Waals surface area contributed by atoms with Crippen LogP contribution in [0, 0.1) is 19.8 Å². The number of thiophene rings is 1. The van der Waals surface area contributed by atoms with Gasteiger partial charge < -0.3 is 10.6 Å². The van der Waals surface area contributed by atoms with Gasteiger partial charge in [0.2, 0.25) is 5.91 Å². The second kappa shape index (κ2) is 6.61. The van der Waals surface area contributed by atoms with Crippen LogP contribution >= 0.6 is 11.3 Å². The predicted octanol–water partition coefficient (Wildman–Crippen LogP) is 2.94. The van der Waals surface area contributed by atoms with Crippen LogP contribution in [-0.2, 0) is 10.2 Å². The number of rotatable bonds is 2. The van der Waals surface area contributed by atoms with E-state index in [-0.39, 0.29) is 23.1 Å². The van der Waals surface area contributed by atoms with E-state index in [1.807, 2.05) is 18.7 Å². The average Bonchev–Trinajstić information content (AvgIpc) is 2.90. The molecular formula is C19H26N4O2S. The average molecular weight is 375 g/mol. The van der Waals surface area contributed by atoms with Crippen molar-refractivity contribution in [1.82, 2.24) is 14.9 Å². The Morgan fingerprint density at radius 1 is 1.15 bits per heavy atom. The number of nitrogens with two attached hydrogens (primary N) is 1. The third-order valence-corrected chi connectivity index (χ3v) is 6.19. The maximum atomic E-state index is 13.0. The van der Waals surface area contributed by atoms with Gasteiger partial charge in [0.25, 0.3) is 5.91 Å². The van der Waals surface area contributed by atoms with Crippen molar-refractivity contribution in [1.29, 1.82) is 0 Å². The molecule has 7 heteroatoms. The van der Waals surface area contributed by atoms with Crippen LogP contribution in [0.15, 0.2) is 0 Å². The predicted molar refractivity (Wildman–Crippen MR) is 103 cm³/mol. The van der Waals surface area contributed by atoms with E-state index in [4.69, 9.17) is 10.7 Å². The standard InChI is InChI=1S/C19H26N4O2S/c1-10-13-11(2)21-18(19(3,4)5)22-16(13)26-14(10)17(25)23-8-6-12(7-9-23)15(20)24/h12H,6-9H2,1-5H3,(H2,20,24). The minimum atomic E-state index is -0.268. The zero-order chi connectivity index (χ0) is 19.2. The van der Waals surface area contributed by atoms with Gasteiger partial charge in [-0.15, -0.1) is 11.3 Å². The summed E-state index contributed by atoms with van der Waals surface area (Å²) in [5.74, 6) is 0.427. The molecule has 0 atom stereocenters. The molecule has 6 nitrogen and oxygen atoms in total. The van der Waals surface area contributed by atoms with Gasteiger partial charge in [-0.1, -0.05) is 20.8 Å². The Labute approximate surface area is 157 Å². The van der Waals surface area contributed by atoms with Crippen molar-refractivity contribution in [3.05, 3.63) is 22.0 Å². The summed E-state index contributed by atoms with van der Waals surface area (Å²) in [4.78, 5) is 37.2. The fourth-order valence-corrected chi connectivity index (χ4v) is 4.59. The number of aryl methyl sites for hydroxylation is 2. The zero-order valence-electron chi connectivity index (χ0n) is 16.0. The number of nitrogens with zero attached hydrogens (tertiary/aromatic N) is 3. The summed E-state index contributed by atoms with van der Waals surface area (Å²) in [5.41, 5.74) is 7.11. The van der Waals surface area contributed by atoms with Gasteiger partial charge in [0.15, 0.2) is 0 Å². The van der Waals surface area contributed by atoms with Gasteiger partial charge in [-0.2, -0.15) is 0 Å². The fourth-order valence-electron chi connectivity index (χ4n) is 3.39. The molecule has 0 aliphatic carbocycles. The van der Waals surface area contributed by atoms with E-state index in [9.17, 15) is 9.59 Å². The maximum absolute atomic E-state index is 13.0. The largest absolute Gasteiger partial charge is 0.369 e. The molecule has 3 rings (SSSR count). The van der Waals surface area contributed by atoms with Crippen LogP contribution in [0.4, 0.5) is 0 Å². The number of aromatic nitrogens is 2. The van der Waals surface area contributed by atoms with Gasteiger partial charge in [0.05, 0.1) is 10.6 Å². The minimum Gasteiger partial charge on any atom is -0.369 e. The summed E-state index contributed by atoms with van der Waals surface area (Å²) in [5, 5.41) is 0.985. The third-order valence-electron chi connectivity index (χ3n) is 5.02. The first-order valence-electron chi connectivity index (χ1n) is 8.96. The van der Waals surface area contributed by atoms with Gasteiger partial charge >= 0.3 is 0 Å². The van der Waals surface area contributed by atoms with Gasteiger partial charge in [0.1, 0.15) is 10.7 Å². The molecule has 0 bridgehead atoms. The molecule has 2 N–H and O–H groups in total. The fraction of sp³-hybridized carbons (Fsp3) is 0.579. The van der Waals surface area contributed by atoms with Crippen LogP contribution in [0.3, 0.4) is 0 Å². The first-order chi connectivity index (χ1) is 12.1. The minimum absolute atomic E-state index is 0.0186. The molecule has 3 heterocycles. The number of carbonyl (C=O) groups excluding carboxylic acids is 2. The van der Waals surface area contributed by atoms with Crippen molar-refractivity contribution in [3.8, 4) is 0 Å². The molecule has 2 aromatic rings. The number of amides is 2. The Morgan fingerprint density at radius 3 is 2.31 bits per heavy atom. The Morgan fingerprint density at radius 2 is 1.77 bits per heavy atom. The molecule has 26 heavy (non-hydrogen) atoms. The van der Waals surface area contributed by atoms with Gasteiger partial charge in [-0.25, -0.2) is 9.97 Å².